The summed E-state index contributed by atoms with van der Waals surface area (Å²) < 4.78 is 13.5. The van der Waals surface area contributed by atoms with E-state index >= 15 is 0 Å². The minimum absolute atomic E-state index is 0.0470. The molecule has 0 aliphatic carbocycles. The second-order valence-electron chi connectivity index (χ2n) is 12.9. The highest BCUT2D eigenvalue weighted by atomic mass is 16.6. The molecule has 250 valence electrons. The first-order valence-corrected chi connectivity index (χ1v) is 15.7. The van der Waals surface area contributed by atoms with Gasteiger partial charge in [0, 0.05) is 7.06 Å². The second-order valence-corrected chi connectivity index (χ2v) is 12.9. The molecule has 11 heteroatoms. The summed E-state index contributed by atoms with van der Waals surface area (Å²) in [5.41, 5.74) is 19.1. The van der Waals surface area contributed by atoms with Crippen LogP contribution in [0.15, 0.2) is 66.7 Å². The van der Waals surface area contributed by atoms with Crippen molar-refractivity contribution in [2.75, 3.05) is 12.3 Å². The number of nitrogen functional groups attached to an aromatic ring is 1. The normalized spacial score (nSPS) is 17.3. The molecule has 7 N–H and O–H groups in total. The molecular weight excluding hydrogens is 596 g/mol. The first-order chi connectivity index (χ1) is 22.7. The van der Waals surface area contributed by atoms with Crippen LogP contribution in [-0.4, -0.2) is 63.7 Å². The van der Waals surface area contributed by atoms with Crippen molar-refractivity contribution in [3.8, 4) is 0 Å². The average Bonchev–Trinajstić information content (AvgIpc) is 3.50. The van der Waals surface area contributed by atoms with Crippen molar-refractivity contribution in [2.24, 2.45) is 16.9 Å². The van der Waals surface area contributed by atoms with Crippen LogP contribution in [0, 0.1) is 19.3 Å². The number of Topliss-reactive ketones (excluding diaryl/α,β-unsaturated/α-hetero) is 2. The molecule has 0 unspecified atom stereocenters. The highest BCUT2D eigenvalue weighted by molar-refractivity contribution is 6.16. The topological polar surface area (TPSA) is 184 Å². The molecule has 1 aromatic heterocycles. The number of imide groups is 1. The number of rotatable bonds is 11. The molecular formula is C36H46N6O5. The zero-order valence-corrected chi connectivity index (χ0v) is 27.5. The van der Waals surface area contributed by atoms with Crippen LogP contribution in [0.4, 0.5) is 10.6 Å². The molecule has 2 heterocycles. The molecule has 3 aromatic rings. The van der Waals surface area contributed by atoms with Gasteiger partial charge in [0.05, 0.1) is 18.6 Å². The van der Waals surface area contributed by atoms with Gasteiger partial charge in [-0.25, -0.2) is 14.7 Å². The summed E-state index contributed by atoms with van der Waals surface area (Å²) in [6.45, 7) is 6.16. The number of anilines is 1. The van der Waals surface area contributed by atoms with E-state index in [1.54, 1.807) is 33.8 Å². The predicted octanol–water partition coefficient (Wildman–Crippen LogP) is 3.17. The van der Waals surface area contributed by atoms with Gasteiger partial charge in [-0.3, -0.25) is 14.4 Å². The number of carbonyl (C=O) groups excluding carboxylic acids is 4. The van der Waals surface area contributed by atoms with Gasteiger partial charge in [0.2, 0.25) is 0 Å². The number of amides is 2. The molecule has 1 fully saturated rings. The summed E-state index contributed by atoms with van der Waals surface area (Å²) in [5.74, 6) is -1.85. The monoisotopic (exact) mass is 643 g/mol. The van der Waals surface area contributed by atoms with Crippen molar-refractivity contribution in [1.82, 2.24) is 15.2 Å². The molecule has 4 rings (SSSR count). The number of ketones is 2. The Labute approximate surface area is 277 Å². The van der Waals surface area contributed by atoms with Crippen molar-refractivity contribution in [3.05, 3.63) is 94.7 Å². The zero-order chi connectivity index (χ0) is 35.2. The van der Waals surface area contributed by atoms with Gasteiger partial charge in [-0.05, 0) is 88.7 Å². The number of nitrogens with zero attached hydrogens (tertiary/aromatic N) is 2. The van der Waals surface area contributed by atoms with E-state index < -0.39 is 52.7 Å². The summed E-state index contributed by atoms with van der Waals surface area (Å²) in [6.07, 6.45) is -0.822. The second kappa shape index (κ2) is 14.5. The van der Waals surface area contributed by atoms with Crippen LogP contribution in [0.2, 0.25) is 0 Å². The molecule has 1 saturated heterocycles. The summed E-state index contributed by atoms with van der Waals surface area (Å²) >= 11 is 0. The van der Waals surface area contributed by atoms with Gasteiger partial charge in [0.1, 0.15) is 22.9 Å². The van der Waals surface area contributed by atoms with E-state index in [1.807, 2.05) is 60.7 Å². The SMILES string of the molecule is [2H]CC(C)(C)OC(=O)N(Cc1c(C)cc(N)nc1C)C(=O)[C@H]1NCCC1(C(=O)[C@@H](N)Cc1ccccc1)C(=O)[C@@H](N)Cc1ccccc1. The molecule has 1 aliphatic rings. The van der Waals surface area contributed by atoms with Crippen LogP contribution < -0.4 is 22.5 Å². The fourth-order valence-corrected chi connectivity index (χ4v) is 6.23. The van der Waals surface area contributed by atoms with Gasteiger partial charge in [0.15, 0.2) is 11.6 Å². The van der Waals surface area contributed by atoms with Crippen molar-refractivity contribution >= 4 is 29.4 Å². The maximum absolute atomic E-state index is 14.7. The van der Waals surface area contributed by atoms with E-state index in [0.717, 1.165) is 16.0 Å². The van der Waals surface area contributed by atoms with E-state index in [0.29, 0.717) is 16.8 Å². The number of nitrogens with two attached hydrogens (primary N) is 3. The number of benzene rings is 2. The third-order valence-corrected chi connectivity index (χ3v) is 8.50. The van der Waals surface area contributed by atoms with E-state index in [4.69, 9.17) is 23.3 Å². The molecule has 0 radical (unpaired) electrons. The van der Waals surface area contributed by atoms with E-state index in [2.05, 4.69) is 10.3 Å². The molecule has 0 bridgehead atoms. The minimum atomic E-state index is -1.98. The number of carbonyl (C=O) groups is 4. The zero-order valence-electron chi connectivity index (χ0n) is 28.5. The molecule has 0 saturated carbocycles. The van der Waals surface area contributed by atoms with Crippen molar-refractivity contribution in [2.45, 2.75) is 84.1 Å². The smallest absolute Gasteiger partial charge is 0.417 e. The van der Waals surface area contributed by atoms with Gasteiger partial charge in [-0.1, -0.05) is 60.7 Å². The summed E-state index contributed by atoms with van der Waals surface area (Å²) in [5, 5.41) is 3.06. The van der Waals surface area contributed by atoms with Gasteiger partial charge < -0.3 is 27.3 Å². The molecule has 2 aromatic carbocycles. The molecule has 0 spiro atoms. The van der Waals surface area contributed by atoms with Crippen LogP contribution in [0.1, 0.15) is 56.5 Å². The van der Waals surface area contributed by atoms with Gasteiger partial charge in [-0.15, -0.1) is 0 Å². The molecule has 2 amide bonds. The maximum atomic E-state index is 14.7. The Morgan fingerprint density at radius 3 is 2.02 bits per heavy atom. The molecule has 3 atom stereocenters. The lowest BCUT2D eigenvalue weighted by atomic mass is 9.67. The number of aromatic nitrogens is 1. The Bertz CT molecular complexity index is 1550. The van der Waals surface area contributed by atoms with Gasteiger partial charge in [-0.2, -0.15) is 0 Å². The average molecular weight is 644 g/mol. The molecule has 47 heavy (non-hydrogen) atoms. The Hall–Kier alpha value is -4.45. The van der Waals surface area contributed by atoms with Crippen LogP contribution in [0.5, 0.6) is 0 Å². The van der Waals surface area contributed by atoms with Crippen LogP contribution in [-0.2, 0) is 38.5 Å². The molecule has 1 aliphatic heterocycles. The molecule has 11 nitrogen and oxygen atoms in total. The third kappa shape index (κ3) is 8.10. The van der Waals surface area contributed by atoms with Crippen molar-refractivity contribution < 1.29 is 25.3 Å². The lowest BCUT2D eigenvalue weighted by Gasteiger charge is -2.37. The van der Waals surface area contributed by atoms with Gasteiger partial charge in [0.25, 0.3) is 5.91 Å². The lowest BCUT2D eigenvalue weighted by Crippen LogP contribution is -2.63. The highest BCUT2D eigenvalue weighted by Crippen LogP contribution is 2.38. The predicted molar refractivity (Wildman–Crippen MR) is 180 cm³/mol. The van der Waals surface area contributed by atoms with E-state index in [-0.39, 0.29) is 45.1 Å². The first kappa shape index (κ1) is 33.9. The number of hydrogen-bond donors (Lipinski definition) is 4. The fraction of sp³-hybridized carbons (Fsp3) is 0.417. The fourth-order valence-electron chi connectivity index (χ4n) is 6.23. The quantitative estimate of drug-likeness (QED) is 0.226. The Morgan fingerprint density at radius 2 is 1.53 bits per heavy atom. The lowest BCUT2D eigenvalue weighted by molar-refractivity contribution is -0.150. The van der Waals surface area contributed by atoms with E-state index in [9.17, 15) is 19.2 Å². The van der Waals surface area contributed by atoms with Crippen LogP contribution >= 0.6 is 0 Å². The minimum Gasteiger partial charge on any atom is -0.443 e. The number of pyridine rings is 1. The summed E-state index contributed by atoms with van der Waals surface area (Å²) in [6, 6.07) is 16.1. The third-order valence-electron chi connectivity index (χ3n) is 8.50. The Kier molecular flexibility index (Phi) is 10.5. The standard InChI is InChI=1S/C36H46N6O5/c1-22-18-29(39)41-23(2)26(22)21-42(34(46)47-35(3,4)5)33(45)30-36(16-17-40-30,31(43)27(37)19-24-12-8-6-9-13-24)32(44)28(38)20-25-14-10-7-11-15-25/h6-15,18,27-28,30,40H,16-17,19-21,37-38H2,1-5H3,(H2,39,41)/t27-,28-,30+/m0/s1/i3D. The number of aryl methyl sites for hydroxylation is 2. The Morgan fingerprint density at radius 1 is 1.00 bits per heavy atom. The number of nitrogens with one attached hydrogen (secondary N) is 1. The Balaban J connectivity index is 1.80. The maximum Gasteiger partial charge on any atom is 0.417 e. The van der Waals surface area contributed by atoms with Crippen LogP contribution in [0.3, 0.4) is 0 Å². The number of ether oxygens (including phenoxy) is 1. The van der Waals surface area contributed by atoms with E-state index in [1.165, 1.54) is 0 Å². The number of hydrogen-bond acceptors (Lipinski definition) is 10. The first-order valence-electron chi connectivity index (χ1n) is 16.4. The largest absolute Gasteiger partial charge is 0.443 e. The van der Waals surface area contributed by atoms with Crippen molar-refractivity contribution in [1.29, 1.82) is 0 Å². The van der Waals surface area contributed by atoms with Crippen LogP contribution in [0.25, 0.3) is 0 Å². The highest BCUT2D eigenvalue weighted by Gasteiger charge is 2.60. The summed E-state index contributed by atoms with van der Waals surface area (Å²) in [7, 11) is 0. The van der Waals surface area contributed by atoms with Crippen molar-refractivity contribution in [3.63, 3.8) is 0 Å². The summed E-state index contributed by atoms with van der Waals surface area (Å²) in [4.78, 5) is 62.9. The van der Waals surface area contributed by atoms with Gasteiger partial charge >= 0.3 is 6.09 Å².